The van der Waals surface area contributed by atoms with E-state index in [4.69, 9.17) is 0 Å². The van der Waals surface area contributed by atoms with E-state index in [-0.39, 0.29) is 0 Å². The average Bonchev–Trinajstić information content (AvgIpc) is 2.93. The molecule has 18 heavy (non-hydrogen) atoms. The minimum atomic E-state index is 0.745. The second-order valence-electron chi connectivity index (χ2n) is 3.72. The predicted molar refractivity (Wildman–Crippen MR) is 70.8 cm³/mol. The van der Waals surface area contributed by atoms with Crippen LogP contribution in [0.25, 0.3) is 11.1 Å². The van der Waals surface area contributed by atoms with Crippen molar-refractivity contribution in [2.45, 2.75) is 6.92 Å². The van der Waals surface area contributed by atoms with Gasteiger partial charge in [-0.2, -0.15) is 0 Å². The van der Waals surface area contributed by atoms with Crippen molar-refractivity contribution in [3.8, 4) is 11.1 Å². The van der Waals surface area contributed by atoms with E-state index in [1.54, 1.807) is 6.92 Å². The molecule has 0 fully saturated rings. The Morgan fingerprint density at radius 1 is 0.778 bits per heavy atom. The average molecular weight is 238 g/mol. The molecule has 1 aromatic heterocycles. The number of hydrogen-bond acceptors (Lipinski definition) is 3. The van der Waals surface area contributed by atoms with Gasteiger partial charge in [0.25, 0.3) is 0 Å². The number of aromatic nitrogens is 4. The molecule has 4 nitrogen and oxygen atoms in total. The van der Waals surface area contributed by atoms with E-state index in [0.717, 1.165) is 5.82 Å². The molecule has 0 radical (unpaired) electrons. The zero-order valence-electron chi connectivity index (χ0n) is 10.1. The summed E-state index contributed by atoms with van der Waals surface area (Å²) >= 11 is 0. The topological polar surface area (TPSA) is 54.5 Å². The van der Waals surface area contributed by atoms with Crippen LogP contribution in [0, 0.1) is 6.92 Å². The van der Waals surface area contributed by atoms with Gasteiger partial charge in [-0.05, 0) is 28.5 Å². The molecular formula is C14H14N4. The van der Waals surface area contributed by atoms with Crippen LogP contribution in [-0.2, 0) is 0 Å². The van der Waals surface area contributed by atoms with Gasteiger partial charge in [-0.3, -0.25) is 0 Å². The Morgan fingerprint density at radius 3 is 1.56 bits per heavy atom. The third-order valence-electron chi connectivity index (χ3n) is 2.33. The van der Waals surface area contributed by atoms with E-state index >= 15 is 0 Å². The summed E-state index contributed by atoms with van der Waals surface area (Å²) in [6.45, 7) is 1.79. The first kappa shape index (κ1) is 12.0. The Morgan fingerprint density at radius 2 is 1.28 bits per heavy atom. The van der Waals surface area contributed by atoms with Crippen LogP contribution in [-0.4, -0.2) is 20.6 Å². The second-order valence-corrected chi connectivity index (χ2v) is 3.72. The molecule has 0 unspecified atom stereocenters. The first-order valence-corrected chi connectivity index (χ1v) is 5.67. The van der Waals surface area contributed by atoms with E-state index in [2.05, 4.69) is 69.2 Å². The highest BCUT2D eigenvalue weighted by atomic mass is 15.5. The van der Waals surface area contributed by atoms with Gasteiger partial charge >= 0.3 is 0 Å². The molecule has 0 saturated heterocycles. The lowest BCUT2D eigenvalue weighted by atomic mass is 10.1. The summed E-state index contributed by atoms with van der Waals surface area (Å²) < 4.78 is 0. The molecule has 4 heteroatoms. The van der Waals surface area contributed by atoms with Gasteiger partial charge in [0.05, 0.1) is 0 Å². The summed E-state index contributed by atoms with van der Waals surface area (Å²) in [6, 6.07) is 20.8. The van der Waals surface area contributed by atoms with E-state index < -0.39 is 0 Å². The fourth-order valence-electron chi connectivity index (χ4n) is 1.47. The van der Waals surface area contributed by atoms with Gasteiger partial charge in [-0.15, -0.1) is 5.10 Å². The van der Waals surface area contributed by atoms with Crippen LogP contribution in [0.5, 0.6) is 0 Å². The van der Waals surface area contributed by atoms with Crippen LogP contribution < -0.4 is 0 Å². The molecular weight excluding hydrogens is 224 g/mol. The predicted octanol–water partition coefficient (Wildman–Crippen LogP) is 2.86. The highest BCUT2D eigenvalue weighted by molar-refractivity contribution is 5.62. The van der Waals surface area contributed by atoms with Gasteiger partial charge in [0.1, 0.15) is 5.82 Å². The number of H-pyrrole nitrogens is 1. The first-order chi connectivity index (χ1) is 8.86. The number of tetrazole rings is 1. The molecule has 3 aromatic rings. The zero-order chi connectivity index (χ0) is 12.6. The van der Waals surface area contributed by atoms with E-state index in [1.165, 1.54) is 11.1 Å². The second kappa shape index (κ2) is 6.30. The SMILES string of the molecule is Cc1nnn[nH]1.c1ccc(-c2ccccc2)cc1. The number of nitrogens with zero attached hydrogens (tertiary/aromatic N) is 3. The normalized spacial score (nSPS) is 9.39. The Labute approximate surface area is 106 Å². The molecule has 0 atom stereocenters. The third kappa shape index (κ3) is 3.52. The molecule has 90 valence electrons. The Balaban J connectivity index is 0.000000169. The highest BCUT2D eigenvalue weighted by Gasteiger charge is 1.91. The number of aromatic amines is 1. The van der Waals surface area contributed by atoms with Crippen LogP contribution in [0.2, 0.25) is 0 Å². The Bertz CT molecular complexity index is 509. The molecule has 3 rings (SSSR count). The van der Waals surface area contributed by atoms with Crippen molar-refractivity contribution in [1.82, 2.24) is 20.6 Å². The summed E-state index contributed by atoms with van der Waals surface area (Å²) in [6.07, 6.45) is 0. The maximum Gasteiger partial charge on any atom is 0.145 e. The Kier molecular flexibility index (Phi) is 4.19. The number of benzene rings is 2. The molecule has 0 spiro atoms. The molecule has 1 N–H and O–H groups in total. The largest absolute Gasteiger partial charge is 0.243 e. The van der Waals surface area contributed by atoms with Crippen LogP contribution in [0.1, 0.15) is 5.82 Å². The maximum atomic E-state index is 3.50. The standard InChI is InChI=1S/C12H10.C2H4N4/c1-3-7-11(8-4-1)12-9-5-2-6-10-12;1-2-3-5-6-4-2/h1-10H;1H3,(H,3,4,5,6). The molecule has 0 aliphatic heterocycles. The van der Waals surface area contributed by atoms with E-state index in [1.807, 2.05) is 12.1 Å². The summed E-state index contributed by atoms with van der Waals surface area (Å²) in [5.74, 6) is 0.745. The summed E-state index contributed by atoms with van der Waals surface area (Å²) in [5, 5.41) is 12.6. The number of hydrogen-bond donors (Lipinski definition) is 1. The van der Waals surface area contributed by atoms with Gasteiger partial charge in [-0.1, -0.05) is 60.7 Å². The number of nitrogens with one attached hydrogen (secondary N) is 1. The highest BCUT2D eigenvalue weighted by Crippen LogP contribution is 2.17. The molecule has 0 saturated carbocycles. The third-order valence-corrected chi connectivity index (χ3v) is 2.33. The quantitative estimate of drug-likeness (QED) is 0.709. The monoisotopic (exact) mass is 238 g/mol. The fraction of sp³-hybridized carbons (Fsp3) is 0.0714. The Hall–Kier alpha value is -2.49. The molecule has 0 bridgehead atoms. The van der Waals surface area contributed by atoms with Gasteiger partial charge in [0, 0.05) is 0 Å². The zero-order valence-corrected chi connectivity index (χ0v) is 10.1. The van der Waals surface area contributed by atoms with Gasteiger partial charge < -0.3 is 0 Å². The fourth-order valence-corrected chi connectivity index (χ4v) is 1.47. The van der Waals surface area contributed by atoms with Crippen molar-refractivity contribution in [3.63, 3.8) is 0 Å². The van der Waals surface area contributed by atoms with Gasteiger partial charge in [0.15, 0.2) is 0 Å². The minimum Gasteiger partial charge on any atom is -0.243 e. The van der Waals surface area contributed by atoms with Crippen LogP contribution in [0.15, 0.2) is 60.7 Å². The smallest absolute Gasteiger partial charge is 0.145 e. The molecule has 2 aromatic carbocycles. The minimum absolute atomic E-state index is 0.745. The summed E-state index contributed by atoms with van der Waals surface area (Å²) in [4.78, 5) is 0. The van der Waals surface area contributed by atoms with Crippen LogP contribution in [0.3, 0.4) is 0 Å². The van der Waals surface area contributed by atoms with Crippen molar-refractivity contribution in [1.29, 1.82) is 0 Å². The van der Waals surface area contributed by atoms with E-state index in [9.17, 15) is 0 Å². The molecule has 0 aliphatic carbocycles. The van der Waals surface area contributed by atoms with Crippen molar-refractivity contribution in [2.75, 3.05) is 0 Å². The lowest BCUT2D eigenvalue weighted by Crippen LogP contribution is -1.73. The van der Waals surface area contributed by atoms with Crippen molar-refractivity contribution < 1.29 is 0 Å². The lowest BCUT2D eigenvalue weighted by molar-refractivity contribution is 0.881. The lowest BCUT2D eigenvalue weighted by Gasteiger charge is -1.98. The number of rotatable bonds is 1. The van der Waals surface area contributed by atoms with Crippen molar-refractivity contribution in [2.24, 2.45) is 0 Å². The van der Waals surface area contributed by atoms with E-state index in [0.29, 0.717) is 0 Å². The van der Waals surface area contributed by atoms with Crippen LogP contribution >= 0.6 is 0 Å². The van der Waals surface area contributed by atoms with Crippen molar-refractivity contribution in [3.05, 3.63) is 66.5 Å². The first-order valence-electron chi connectivity index (χ1n) is 5.67. The maximum absolute atomic E-state index is 3.50. The van der Waals surface area contributed by atoms with Gasteiger partial charge in [0.2, 0.25) is 0 Å². The summed E-state index contributed by atoms with van der Waals surface area (Å²) in [5.41, 5.74) is 2.55. The molecule has 0 amide bonds. The van der Waals surface area contributed by atoms with Crippen LogP contribution in [0.4, 0.5) is 0 Å². The van der Waals surface area contributed by atoms with Gasteiger partial charge in [-0.25, -0.2) is 5.10 Å². The summed E-state index contributed by atoms with van der Waals surface area (Å²) in [7, 11) is 0. The molecule has 0 aliphatic rings. The number of aryl methyl sites for hydroxylation is 1. The van der Waals surface area contributed by atoms with Crippen molar-refractivity contribution >= 4 is 0 Å². The molecule has 1 heterocycles.